The lowest BCUT2D eigenvalue weighted by molar-refractivity contribution is -0.290. The Morgan fingerprint density at radius 3 is 2.19 bits per heavy atom. The van der Waals surface area contributed by atoms with Crippen LogP contribution < -0.4 is 4.74 Å². The van der Waals surface area contributed by atoms with Crippen molar-refractivity contribution in [3.8, 4) is 17.2 Å². The molecule has 0 aliphatic heterocycles. The first-order valence-corrected chi connectivity index (χ1v) is 15.4. The minimum Gasteiger partial charge on any atom is -0.429 e. The maximum Gasteiger partial charge on any atom is 0.397 e. The largest absolute Gasteiger partial charge is 0.429 e. The Balaban J connectivity index is 1.75. The molecule has 0 amide bonds. The van der Waals surface area contributed by atoms with Crippen molar-refractivity contribution in [1.82, 2.24) is 0 Å². The number of methoxy groups -OCH3 is 1. The van der Waals surface area contributed by atoms with Gasteiger partial charge >= 0.3 is 5.97 Å². The molecule has 0 saturated heterocycles. The number of aliphatic hydroxyl groups excluding tert-OH is 1. The van der Waals surface area contributed by atoms with Gasteiger partial charge in [0.05, 0.1) is 13.2 Å². The first-order valence-electron chi connectivity index (χ1n) is 11.9. The molecule has 1 aromatic carbocycles. The summed E-state index contributed by atoms with van der Waals surface area (Å²) in [5, 5.41) is 9.86. The molecule has 5 rings (SSSR count). The molecule has 31 heavy (non-hydrogen) atoms. The van der Waals surface area contributed by atoms with Gasteiger partial charge < -0.3 is 19.3 Å². The van der Waals surface area contributed by atoms with Crippen molar-refractivity contribution < 1.29 is 19.3 Å². The molecule has 4 fully saturated rings. The van der Waals surface area contributed by atoms with Crippen LogP contribution in [-0.4, -0.2) is 32.9 Å². The molecule has 1 N–H and O–H groups in total. The van der Waals surface area contributed by atoms with E-state index in [4.69, 9.17) is 14.2 Å². The van der Waals surface area contributed by atoms with Crippen molar-refractivity contribution in [3.63, 3.8) is 0 Å². The smallest absolute Gasteiger partial charge is 0.397 e. The summed E-state index contributed by atoms with van der Waals surface area (Å²) in [5.41, 5.74) is 5.65. The molecule has 0 radical (unpaired) electrons. The molecule has 4 bridgehead atoms. The van der Waals surface area contributed by atoms with Crippen LogP contribution in [0.5, 0.6) is 5.75 Å². The zero-order valence-electron chi connectivity index (χ0n) is 19.8. The van der Waals surface area contributed by atoms with E-state index < -0.39 is 14.0 Å². The maximum absolute atomic E-state index is 9.86. The van der Waals surface area contributed by atoms with Crippen molar-refractivity contribution in [2.24, 2.45) is 17.8 Å². The summed E-state index contributed by atoms with van der Waals surface area (Å²) in [4.78, 5) is 0. The highest BCUT2D eigenvalue weighted by Gasteiger charge is 2.53. The molecule has 5 heteroatoms. The maximum atomic E-state index is 9.86. The topological polar surface area (TPSA) is 47.9 Å². The van der Waals surface area contributed by atoms with Crippen LogP contribution in [0.2, 0.25) is 19.6 Å². The molecule has 0 spiro atoms. The average molecular weight is 443 g/mol. The summed E-state index contributed by atoms with van der Waals surface area (Å²) < 4.78 is 18.3. The van der Waals surface area contributed by atoms with Gasteiger partial charge in [0.25, 0.3) is 0 Å². The third kappa shape index (κ3) is 4.73. The van der Waals surface area contributed by atoms with E-state index in [0.29, 0.717) is 6.61 Å². The number of rotatable bonds is 7. The number of hydrogen-bond donors (Lipinski definition) is 1. The molecule has 1 atom stereocenters. The Bertz CT molecular complexity index is 827. The Morgan fingerprint density at radius 2 is 1.71 bits per heavy atom. The van der Waals surface area contributed by atoms with Crippen molar-refractivity contribution >= 4 is 8.07 Å². The van der Waals surface area contributed by atoms with E-state index in [0.717, 1.165) is 29.1 Å². The summed E-state index contributed by atoms with van der Waals surface area (Å²) in [6.45, 7) is 9.00. The summed E-state index contributed by atoms with van der Waals surface area (Å²) in [5.74, 6) is 5.04. The number of aliphatic hydroxyl groups is 1. The molecule has 4 aliphatic carbocycles. The van der Waals surface area contributed by atoms with Crippen molar-refractivity contribution in [2.75, 3.05) is 13.7 Å². The molecule has 4 nitrogen and oxygen atoms in total. The van der Waals surface area contributed by atoms with Crippen LogP contribution in [0.15, 0.2) is 18.2 Å². The quantitative estimate of drug-likeness (QED) is 0.356. The lowest BCUT2D eigenvalue weighted by Crippen LogP contribution is -2.49. The van der Waals surface area contributed by atoms with E-state index in [-0.39, 0.29) is 12.0 Å². The lowest BCUT2D eigenvalue weighted by atomic mass is 9.48. The van der Waals surface area contributed by atoms with Crippen LogP contribution in [0.3, 0.4) is 0 Å². The molecule has 1 aromatic rings. The van der Waals surface area contributed by atoms with Gasteiger partial charge in [-0.25, -0.2) is 0 Å². The fraction of sp³-hybridized carbons (Fsp3) is 0.692. The Kier molecular flexibility index (Phi) is 6.31. The fourth-order valence-electron chi connectivity index (χ4n) is 6.46. The predicted octanol–water partition coefficient (Wildman–Crippen LogP) is 5.24. The molecule has 4 saturated carbocycles. The van der Waals surface area contributed by atoms with Crippen LogP contribution in [0.25, 0.3) is 0 Å². The van der Waals surface area contributed by atoms with Crippen LogP contribution in [0.1, 0.15) is 56.6 Å². The summed E-state index contributed by atoms with van der Waals surface area (Å²) >= 11 is 0. The zero-order valence-corrected chi connectivity index (χ0v) is 20.8. The second-order valence-corrected chi connectivity index (χ2v) is 15.7. The van der Waals surface area contributed by atoms with E-state index in [9.17, 15) is 5.11 Å². The van der Waals surface area contributed by atoms with Gasteiger partial charge in [0, 0.05) is 18.6 Å². The first kappa shape index (κ1) is 22.9. The second-order valence-electron chi connectivity index (χ2n) is 11.0. The van der Waals surface area contributed by atoms with Crippen molar-refractivity contribution in [2.45, 2.75) is 83.1 Å². The lowest BCUT2D eigenvalue weighted by Gasteiger charge is -2.57. The summed E-state index contributed by atoms with van der Waals surface area (Å²) in [6, 6.07) is 6.10. The average Bonchev–Trinajstić information content (AvgIpc) is 2.71. The van der Waals surface area contributed by atoms with E-state index >= 15 is 0 Å². The van der Waals surface area contributed by atoms with Gasteiger partial charge in [-0.3, -0.25) is 0 Å². The fourth-order valence-corrected chi connectivity index (χ4v) is 6.99. The number of ether oxygens (including phenoxy) is 3. The normalized spacial score (nSPS) is 31.1. The van der Waals surface area contributed by atoms with Gasteiger partial charge in [-0.2, -0.15) is 0 Å². The summed E-state index contributed by atoms with van der Waals surface area (Å²) in [7, 11) is -0.0510. The van der Waals surface area contributed by atoms with Crippen molar-refractivity contribution in [1.29, 1.82) is 0 Å². The van der Waals surface area contributed by atoms with E-state index in [1.54, 1.807) is 7.11 Å². The minimum atomic E-state index is -1.65. The van der Waals surface area contributed by atoms with Gasteiger partial charge in [0.15, 0.2) is 0 Å². The highest BCUT2D eigenvalue weighted by atomic mass is 28.3. The highest BCUT2D eigenvalue weighted by molar-refractivity contribution is 6.83. The van der Waals surface area contributed by atoms with Crippen LogP contribution in [0, 0.1) is 29.2 Å². The molecule has 0 heterocycles. The minimum absolute atomic E-state index is 0.0377. The monoisotopic (exact) mass is 442 g/mol. The van der Waals surface area contributed by atoms with Crippen LogP contribution in [-0.2, 0) is 21.5 Å². The predicted molar refractivity (Wildman–Crippen MR) is 125 cm³/mol. The molecule has 170 valence electrons. The van der Waals surface area contributed by atoms with E-state index in [1.165, 1.54) is 44.1 Å². The number of hydrogen-bond acceptors (Lipinski definition) is 4. The third-order valence-corrected chi connectivity index (χ3v) is 8.15. The van der Waals surface area contributed by atoms with E-state index in [2.05, 4.69) is 37.2 Å². The zero-order chi connectivity index (χ0) is 22.3. The Hall–Kier alpha value is -1.32. The van der Waals surface area contributed by atoms with Crippen LogP contribution in [0.4, 0.5) is 0 Å². The van der Waals surface area contributed by atoms with Gasteiger partial charge in [-0.15, -0.1) is 5.54 Å². The van der Waals surface area contributed by atoms with Gasteiger partial charge in [0.1, 0.15) is 13.8 Å². The Morgan fingerprint density at radius 1 is 1.10 bits per heavy atom. The van der Waals surface area contributed by atoms with Gasteiger partial charge in [-0.1, -0.05) is 25.7 Å². The van der Waals surface area contributed by atoms with Gasteiger partial charge in [-0.05, 0) is 86.3 Å². The molecule has 4 aliphatic rings. The van der Waals surface area contributed by atoms with Crippen LogP contribution >= 0.6 is 0 Å². The van der Waals surface area contributed by atoms with Crippen molar-refractivity contribution in [3.05, 3.63) is 29.3 Å². The highest BCUT2D eigenvalue weighted by Crippen LogP contribution is 2.62. The second kappa shape index (κ2) is 8.55. The third-order valence-electron chi connectivity index (χ3n) is 7.27. The Labute approximate surface area is 188 Å². The van der Waals surface area contributed by atoms with E-state index in [1.807, 2.05) is 19.1 Å². The number of benzene rings is 1. The van der Waals surface area contributed by atoms with Gasteiger partial charge in [0.2, 0.25) is 0 Å². The first-order chi connectivity index (χ1) is 14.7. The standard InChI is InChI=1S/C26H38O4Si/c1-6-29-26(28-2,9-10-31(3,4)5)30-24-8-7-19(18-27)14-23(24)25-15-20-11-21(16-25)13-22(12-20)17-25/h7-8,14,20-22,27H,6,11-13,15-18H2,1-5H3. The SMILES string of the molecule is CCOC(C#C[Si](C)(C)C)(OC)Oc1ccc(CO)cc1C12CC3CC(CC(C3)C1)C2. The molecule has 1 unspecified atom stereocenters. The molecule has 0 aromatic heterocycles. The molecular weight excluding hydrogens is 404 g/mol. The molecular formula is C26H38O4Si. The summed E-state index contributed by atoms with van der Waals surface area (Å²) in [6.07, 6.45) is 7.83.